The predicted octanol–water partition coefficient (Wildman–Crippen LogP) is 1.53. The summed E-state index contributed by atoms with van der Waals surface area (Å²) in [5.41, 5.74) is 6.44. The Bertz CT molecular complexity index is 230. The van der Waals surface area contributed by atoms with Gasteiger partial charge in [0.1, 0.15) is 0 Å². The van der Waals surface area contributed by atoms with Crippen LogP contribution in [0.5, 0.6) is 0 Å². The molecule has 100 valence electrons. The standard InChI is InChI=1S/C14H29N3/c1-3-17(11-13-5-4-6-13)14(12-15)7-9-16(2)10-8-14/h13H,3-12,15H2,1-2H3. The van der Waals surface area contributed by atoms with Gasteiger partial charge in [0.05, 0.1) is 0 Å². The first-order chi connectivity index (χ1) is 8.20. The lowest BCUT2D eigenvalue weighted by molar-refractivity contribution is 0.0165. The SMILES string of the molecule is CCN(CC1CCC1)C1(CN)CCN(C)CC1. The first kappa shape index (κ1) is 13.3. The van der Waals surface area contributed by atoms with E-state index in [1.807, 2.05) is 0 Å². The number of nitrogens with two attached hydrogens (primary N) is 1. The Morgan fingerprint density at radius 1 is 1.29 bits per heavy atom. The van der Waals surface area contributed by atoms with E-state index in [2.05, 4.69) is 23.8 Å². The number of piperidine rings is 1. The molecular formula is C14H29N3. The average molecular weight is 239 g/mol. The molecule has 1 saturated heterocycles. The fourth-order valence-corrected chi connectivity index (χ4v) is 3.33. The fourth-order valence-electron chi connectivity index (χ4n) is 3.33. The fraction of sp³-hybridized carbons (Fsp3) is 1.00. The highest BCUT2D eigenvalue weighted by Gasteiger charge is 2.38. The highest BCUT2D eigenvalue weighted by atomic mass is 15.2. The normalized spacial score (nSPS) is 26.1. The summed E-state index contributed by atoms with van der Waals surface area (Å²) < 4.78 is 0. The number of likely N-dealkylation sites (N-methyl/N-ethyl adjacent to an activating group) is 1. The lowest BCUT2D eigenvalue weighted by Crippen LogP contribution is -2.60. The van der Waals surface area contributed by atoms with Crippen molar-refractivity contribution in [1.29, 1.82) is 0 Å². The second kappa shape index (κ2) is 5.68. The summed E-state index contributed by atoms with van der Waals surface area (Å²) in [6.07, 6.45) is 6.83. The Balaban J connectivity index is 1.97. The van der Waals surface area contributed by atoms with Gasteiger partial charge in [-0.25, -0.2) is 0 Å². The van der Waals surface area contributed by atoms with E-state index >= 15 is 0 Å². The maximum Gasteiger partial charge on any atom is 0.0356 e. The molecule has 0 aromatic heterocycles. The molecule has 3 heteroatoms. The first-order valence-electron chi connectivity index (χ1n) is 7.34. The molecule has 1 heterocycles. The Hall–Kier alpha value is -0.120. The summed E-state index contributed by atoms with van der Waals surface area (Å²) in [6.45, 7) is 8.00. The molecule has 2 fully saturated rings. The third-order valence-electron chi connectivity index (χ3n) is 5.05. The van der Waals surface area contributed by atoms with E-state index in [-0.39, 0.29) is 0 Å². The van der Waals surface area contributed by atoms with Crippen LogP contribution in [0, 0.1) is 5.92 Å². The van der Waals surface area contributed by atoms with Crippen molar-refractivity contribution in [3.05, 3.63) is 0 Å². The Labute approximate surface area is 106 Å². The summed E-state index contributed by atoms with van der Waals surface area (Å²) in [5, 5.41) is 0. The van der Waals surface area contributed by atoms with Crippen LogP contribution in [0.15, 0.2) is 0 Å². The van der Waals surface area contributed by atoms with E-state index in [9.17, 15) is 0 Å². The molecule has 0 aromatic carbocycles. The minimum Gasteiger partial charge on any atom is -0.329 e. The number of hydrogen-bond donors (Lipinski definition) is 1. The predicted molar refractivity (Wildman–Crippen MR) is 73.1 cm³/mol. The monoisotopic (exact) mass is 239 g/mol. The van der Waals surface area contributed by atoms with Crippen molar-refractivity contribution in [3.63, 3.8) is 0 Å². The third-order valence-corrected chi connectivity index (χ3v) is 5.05. The first-order valence-corrected chi connectivity index (χ1v) is 7.34. The lowest BCUT2D eigenvalue weighted by Gasteiger charge is -2.49. The van der Waals surface area contributed by atoms with Crippen LogP contribution in [0.25, 0.3) is 0 Å². The van der Waals surface area contributed by atoms with Crippen LogP contribution in [0.2, 0.25) is 0 Å². The summed E-state index contributed by atoms with van der Waals surface area (Å²) in [5.74, 6) is 0.957. The second-order valence-electron chi connectivity index (χ2n) is 6.07. The number of hydrogen-bond acceptors (Lipinski definition) is 3. The molecule has 0 radical (unpaired) electrons. The van der Waals surface area contributed by atoms with Gasteiger partial charge in [-0.3, -0.25) is 4.90 Å². The number of rotatable bonds is 5. The van der Waals surface area contributed by atoms with Crippen molar-refractivity contribution >= 4 is 0 Å². The molecule has 0 atom stereocenters. The molecule has 2 rings (SSSR count). The van der Waals surface area contributed by atoms with Crippen molar-refractivity contribution in [2.45, 2.75) is 44.6 Å². The van der Waals surface area contributed by atoms with Crippen LogP contribution in [-0.4, -0.2) is 55.1 Å². The van der Waals surface area contributed by atoms with E-state index in [1.165, 1.54) is 51.7 Å². The van der Waals surface area contributed by atoms with Gasteiger partial charge in [0.25, 0.3) is 0 Å². The molecule has 1 saturated carbocycles. The van der Waals surface area contributed by atoms with Gasteiger partial charge in [-0.1, -0.05) is 13.3 Å². The van der Waals surface area contributed by atoms with Gasteiger partial charge < -0.3 is 10.6 Å². The third kappa shape index (κ3) is 2.83. The molecular weight excluding hydrogens is 210 g/mol. The largest absolute Gasteiger partial charge is 0.329 e. The summed E-state index contributed by atoms with van der Waals surface area (Å²) in [7, 11) is 2.22. The molecule has 2 N–H and O–H groups in total. The van der Waals surface area contributed by atoms with E-state index in [1.54, 1.807) is 0 Å². The van der Waals surface area contributed by atoms with Gasteiger partial charge in [0, 0.05) is 18.6 Å². The van der Waals surface area contributed by atoms with E-state index in [0.717, 1.165) is 19.0 Å². The van der Waals surface area contributed by atoms with Crippen molar-refractivity contribution in [2.24, 2.45) is 11.7 Å². The topological polar surface area (TPSA) is 32.5 Å². The maximum atomic E-state index is 6.14. The zero-order valence-corrected chi connectivity index (χ0v) is 11.6. The van der Waals surface area contributed by atoms with Crippen molar-refractivity contribution in [3.8, 4) is 0 Å². The molecule has 0 amide bonds. The van der Waals surface area contributed by atoms with Gasteiger partial charge in [-0.15, -0.1) is 0 Å². The Morgan fingerprint density at radius 3 is 2.35 bits per heavy atom. The summed E-state index contributed by atoms with van der Waals surface area (Å²) in [4.78, 5) is 5.13. The van der Waals surface area contributed by atoms with Crippen molar-refractivity contribution < 1.29 is 0 Å². The summed E-state index contributed by atoms with van der Waals surface area (Å²) >= 11 is 0. The number of nitrogens with zero attached hydrogens (tertiary/aromatic N) is 2. The molecule has 1 aliphatic carbocycles. The van der Waals surface area contributed by atoms with Crippen LogP contribution in [0.3, 0.4) is 0 Å². The molecule has 1 aliphatic heterocycles. The number of likely N-dealkylation sites (tertiary alicyclic amines) is 1. The van der Waals surface area contributed by atoms with Crippen LogP contribution in [0.1, 0.15) is 39.0 Å². The smallest absolute Gasteiger partial charge is 0.0356 e. The maximum absolute atomic E-state index is 6.14. The van der Waals surface area contributed by atoms with E-state index in [4.69, 9.17) is 5.73 Å². The highest BCUT2D eigenvalue weighted by molar-refractivity contribution is 4.96. The molecule has 0 bridgehead atoms. The minimum absolute atomic E-state index is 0.302. The highest BCUT2D eigenvalue weighted by Crippen LogP contribution is 2.33. The quantitative estimate of drug-likeness (QED) is 0.790. The van der Waals surface area contributed by atoms with Crippen LogP contribution < -0.4 is 5.73 Å². The minimum atomic E-state index is 0.302. The van der Waals surface area contributed by atoms with Gasteiger partial charge in [0.15, 0.2) is 0 Å². The molecule has 0 unspecified atom stereocenters. The molecule has 17 heavy (non-hydrogen) atoms. The molecule has 0 spiro atoms. The molecule has 0 aromatic rings. The van der Waals surface area contributed by atoms with Gasteiger partial charge in [-0.2, -0.15) is 0 Å². The second-order valence-corrected chi connectivity index (χ2v) is 6.07. The summed E-state index contributed by atoms with van der Waals surface area (Å²) in [6, 6.07) is 0. The lowest BCUT2D eigenvalue weighted by atomic mass is 9.81. The Kier molecular flexibility index (Phi) is 4.45. The molecule has 3 nitrogen and oxygen atoms in total. The van der Waals surface area contributed by atoms with E-state index in [0.29, 0.717) is 5.54 Å². The van der Waals surface area contributed by atoms with E-state index < -0.39 is 0 Å². The van der Waals surface area contributed by atoms with Crippen LogP contribution in [-0.2, 0) is 0 Å². The Morgan fingerprint density at radius 2 is 1.94 bits per heavy atom. The van der Waals surface area contributed by atoms with Gasteiger partial charge >= 0.3 is 0 Å². The average Bonchev–Trinajstić information content (AvgIpc) is 2.30. The zero-order valence-electron chi connectivity index (χ0n) is 11.6. The van der Waals surface area contributed by atoms with Crippen LogP contribution >= 0.6 is 0 Å². The molecule has 2 aliphatic rings. The van der Waals surface area contributed by atoms with Crippen LogP contribution in [0.4, 0.5) is 0 Å². The van der Waals surface area contributed by atoms with Gasteiger partial charge in [-0.05, 0) is 58.3 Å². The van der Waals surface area contributed by atoms with Crippen molar-refractivity contribution in [2.75, 3.05) is 39.8 Å². The zero-order chi connectivity index (χ0) is 12.3. The van der Waals surface area contributed by atoms with Gasteiger partial charge in [0.2, 0.25) is 0 Å². The van der Waals surface area contributed by atoms with Crippen molar-refractivity contribution in [1.82, 2.24) is 9.80 Å².